The second kappa shape index (κ2) is 7.41. The molecule has 0 heterocycles. The molecule has 1 N–H and O–H groups in total. The average molecular weight is 358 g/mol. The topological polar surface area (TPSA) is 29.1 Å². The monoisotopic (exact) mass is 357 g/mol. The van der Waals surface area contributed by atoms with E-state index in [0.29, 0.717) is 11.5 Å². The lowest BCUT2D eigenvalue weighted by Crippen LogP contribution is -2.04. The molecule has 0 atom stereocenters. The standard InChI is InChI=1S/C19H20BrNO/c1-13(2)17-6-4-5-7-18(17)21-14(3)12-19(22)15-8-10-16(20)11-9-15/h4-13,21H,1-3H3/b14-12+. The van der Waals surface area contributed by atoms with Gasteiger partial charge < -0.3 is 5.32 Å². The van der Waals surface area contributed by atoms with Crippen LogP contribution in [-0.4, -0.2) is 5.78 Å². The number of carbonyl (C=O) groups is 1. The Morgan fingerprint density at radius 1 is 1.09 bits per heavy atom. The minimum absolute atomic E-state index is 0.000437. The molecule has 22 heavy (non-hydrogen) atoms. The highest BCUT2D eigenvalue weighted by Gasteiger charge is 2.07. The van der Waals surface area contributed by atoms with Gasteiger partial charge in [-0.1, -0.05) is 48.0 Å². The Balaban J connectivity index is 2.16. The number of ketones is 1. The zero-order valence-corrected chi connectivity index (χ0v) is 14.6. The summed E-state index contributed by atoms with van der Waals surface area (Å²) in [7, 11) is 0. The van der Waals surface area contributed by atoms with E-state index >= 15 is 0 Å². The Kier molecular flexibility index (Phi) is 5.56. The number of hydrogen-bond donors (Lipinski definition) is 1. The number of carbonyl (C=O) groups excluding carboxylic acids is 1. The van der Waals surface area contributed by atoms with E-state index in [1.165, 1.54) is 5.56 Å². The summed E-state index contributed by atoms with van der Waals surface area (Å²) in [6, 6.07) is 15.6. The second-order valence-electron chi connectivity index (χ2n) is 5.57. The summed E-state index contributed by atoms with van der Waals surface area (Å²) in [4.78, 5) is 12.2. The van der Waals surface area contributed by atoms with Crippen LogP contribution in [0.4, 0.5) is 5.69 Å². The maximum absolute atomic E-state index is 12.2. The van der Waals surface area contributed by atoms with Crippen molar-refractivity contribution in [1.82, 2.24) is 0 Å². The van der Waals surface area contributed by atoms with Gasteiger partial charge in [0.15, 0.2) is 5.78 Å². The zero-order chi connectivity index (χ0) is 16.1. The average Bonchev–Trinajstić information content (AvgIpc) is 2.48. The summed E-state index contributed by atoms with van der Waals surface area (Å²) in [5.41, 5.74) is 3.81. The molecule has 0 aliphatic heterocycles. The van der Waals surface area contributed by atoms with Gasteiger partial charge in [-0.25, -0.2) is 0 Å². The van der Waals surface area contributed by atoms with E-state index in [1.807, 2.05) is 49.4 Å². The van der Waals surface area contributed by atoms with E-state index in [9.17, 15) is 4.79 Å². The molecule has 2 rings (SSSR count). The lowest BCUT2D eigenvalue weighted by molar-refractivity contribution is 0.104. The van der Waals surface area contributed by atoms with Crippen LogP contribution in [0, 0.1) is 0 Å². The third-order valence-corrected chi connectivity index (χ3v) is 3.92. The first kappa shape index (κ1) is 16.5. The van der Waals surface area contributed by atoms with Crippen molar-refractivity contribution in [2.24, 2.45) is 0 Å². The van der Waals surface area contributed by atoms with Gasteiger partial charge >= 0.3 is 0 Å². The Labute approximate surface area is 140 Å². The van der Waals surface area contributed by atoms with Crippen molar-refractivity contribution in [1.29, 1.82) is 0 Å². The van der Waals surface area contributed by atoms with Gasteiger partial charge in [-0.15, -0.1) is 0 Å². The van der Waals surface area contributed by atoms with E-state index < -0.39 is 0 Å². The number of para-hydroxylation sites is 1. The molecule has 0 spiro atoms. The molecule has 0 aromatic heterocycles. The summed E-state index contributed by atoms with van der Waals surface area (Å²) < 4.78 is 0.966. The molecule has 2 aromatic carbocycles. The predicted octanol–water partition coefficient (Wildman–Crippen LogP) is 5.77. The number of benzene rings is 2. The third kappa shape index (κ3) is 4.31. The van der Waals surface area contributed by atoms with Crippen LogP contribution in [0.15, 0.2) is 64.8 Å². The first-order valence-electron chi connectivity index (χ1n) is 7.31. The molecular weight excluding hydrogens is 338 g/mol. The molecule has 114 valence electrons. The van der Waals surface area contributed by atoms with Crippen molar-refractivity contribution in [2.75, 3.05) is 5.32 Å². The van der Waals surface area contributed by atoms with E-state index in [0.717, 1.165) is 15.9 Å². The van der Waals surface area contributed by atoms with Gasteiger partial charge in [0.05, 0.1) is 0 Å². The fraction of sp³-hybridized carbons (Fsp3) is 0.211. The molecule has 0 unspecified atom stereocenters. The van der Waals surface area contributed by atoms with Gasteiger partial charge in [0.1, 0.15) is 0 Å². The largest absolute Gasteiger partial charge is 0.359 e. The van der Waals surface area contributed by atoms with E-state index in [4.69, 9.17) is 0 Å². The third-order valence-electron chi connectivity index (χ3n) is 3.39. The molecule has 0 radical (unpaired) electrons. The van der Waals surface area contributed by atoms with E-state index in [2.05, 4.69) is 41.2 Å². The van der Waals surface area contributed by atoms with Crippen LogP contribution in [0.3, 0.4) is 0 Å². The zero-order valence-electron chi connectivity index (χ0n) is 13.1. The lowest BCUT2D eigenvalue weighted by atomic mass is 10.0. The van der Waals surface area contributed by atoms with Crippen LogP contribution < -0.4 is 5.32 Å². The summed E-state index contributed by atoms with van der Waals surface area (Å²) in [6.07, 6.45) is 1.64. The minimum Gasteiger partial charge on any atom is -0.359 e. The van der Waals surface area contributed by atoms with E-state index in [-0.39, 0.29) is 5.78 Å². The van der Waals surface area contributed by atoms with Gasteiger partial charge in [-0.3, -0.25) is 4.79 Å². The lowest BCUT2D eigenvalue weighted by Gasteiger charge is -2.14. The van der Waals surface area contributed by atoms with Crippen LogP contribution in [0.2, 0.25) is 0 Å². The highest BCUT2D eigenvalue weighted by Crippen LogP contribution is 2.24. The highest BCUT2D eigenvalue weighted by atomic mass is 79.9. The Bertz CT molecular complexity index is 687. The maximum atomic E-state index is 12.2. The first-order valence-corrected chi connectivity index (χ1v) is 8.11. The van der Waals surface area contributed by atoms with Crippen molar-refractivity contribution in [3.05, 3.63) is 75.9 Å². The number of hydrogen-bond acceptors (Lipinski definition) is 2. The summed E-state index contributed by atoms with van der Waals surface area (Å²) >= 11 is 3.37. The number of anilines is 1. The number of halogens is 1. The van der Waals surface area contributed by atoms with Crippen molar-refractivity contribution in [3.63, 3.8) is 0 Å². The number of allylic oxidation sites excluding steroid dienone is 2. The highest BCUT2D eigenvalue weighted by molar-refractivity contribution is 9.10. The van der Waals surface area contributed by atoms with Crippen LogP contribution in [-0.2, 0) is 0 Å². The quantitative estimate of drug-likeness (QED) is 0.543. The van der Waals surface area contributed by atoms with Crippen molar-refractivity contribution < 1.29 is 4.79 Å². The predicted molar refractivity (Wildman–Crippen MR) is 96.4 cm³/mol. The molecule has 0 aliphatic rings. The fourth-order valence-corrected chi connectivity index (χ4v) is 2.52. The van der Waals surface area contributed by atoms with Crippen LogP contribution >= 0.6 is 15.9 Å². The van der Waals surface area contributed by atoms with Gasteiger partial charge in [0, 0.05) is 27.5 Å². The Hall–Kier alpha value is -1.87. The van der Waals surface area contributed by atoms with Gasteiger partial charge in [-0.05, 0) is 48.7 Å². The van der Waals surface area contributed by atoms with Crippen molar-refractivity contribution in [2.45, 2.75) is 26.7 Å². The number of rotatable bonds is 5. The smallest absolute Gasteiger partial charge is 0.187 e. The SMILES string of the molecule is C/C(=C\C(=O)c1ccc(Br)cc1)Nc1ccccc1C(C)C. The van der Waals surface area contributed by atoms with Crippen LogP contribution in [0.5, 0.6) is 0 Å². The summed E-state index contributed by atoms with van der Waals surface area (Å²) in [6.45, 7) is 6.23. The molecule has 0 amide bonds. The molecule has 2 nitrogen and oxygen atoms in total. The maximum Gasteiger partial charge on any atom is 0.187 e. The summed E-state index contributed by atoms with van der Waals surface area (Å²) in [5.74, 6) is 0.429. The normalized spacial score (nSPS) is 11.6. The molecule has 0 saturated carbocycles. The van der Waals surface area contributed by atoms with Crippen LogP contribution in [0.1, 0.15) is 42.6 Å². The van der Waals surface area contributed by atoms with Gasteiger partial charge in [0.25, 0.3) is 0 Å². The van der Waals surface area contributed by atoms with Gasteiger partial charge in [-0.2, -0.15) is 0 Å². The number of nitrogens with one attached hydrogen (secondary N) is 1. The second-order valence-corrected chi connectivity index (χ2v) is 6.48. The first-order chi connectivity index (χ1) is 10.5. The molecule has 0 fully saturated rings. The molecule has 3 heteroatoms. The van der Waals surface area contributed by atoms with Crippen molar-refractivity contribution >= 4 is 27.4 Å². The molecule has 0 bridgehead atoms. The van der Waals surface area contributed by atoms with E-state index in [1.54, 1.807) is 6.08 Å². The fourth-order valence-electron chi connectivity index (χ4n) is 2.26. The molecular formula is C19H20BrNO. The van der Waals surface area contributed by atoms with Crippen LogP contribution in [0.25, 0.3) is 0 Å². The Morgan fingerprint density at radius 3 is 2.36 bits per heavy atom. The summed E-state index contributed by atoms with van der Waals surface area (Å²) in [5, 5.41) is 3.33. The molecule has 0 aliphatic carbocycles. The molecule has 0 saturated heterocycles. The van der Waals surface area contributed by atoms with Crippen molar-refractivity contribution in [3.8, 4) is 0 Å². The van der Waals surface area contributed by atoms with Gasteiger partial charge in [0.2, 0.25) is 0 Å². The Morgan fingerprint density at radius 2 is 1.73 bits per heavy atom. The minimum atomic E-state index is -0.000437. The molecule has 2 aromatic rings.